The van der Waals surface area contributed by atoms with Gasteiger partial charge in [0.1, 0.15) is 23.7 Å². The van der Waals surface area contributed by atoms with Crippen LogP contribution in [-0.2, 0) is 14.3 Å². The predicted molar refractivity (Wildman–Crippen MR) is 273 cm³/mol. The topological polar surface area (TPSA) is 186 Å². The van der Waals surface area contributed by atoms with Gasteiger partial charge < -0.3 is 40.2 Å². The van der Waals surface area contributed by atoms with E-state index in [1.54, 1.807) is 0 Å². The number of piperidine rings is 2. The summed E-state index contributed by atoms with van der Waals surface area (Å²) < 4.78 is 4.83. The average molecular weight is 949 g/mol. The summed E-state index contributed by atoms with van der Waals surface area (Å²) in [5, 5.41) is 19.2. The van der Waals surface area contributed by atoms with E-state index in [2.05, 4.69) is 124 Å². The van der Waals surface area contributed by atoms with E-state index < -0.39 is 24.3 Å². The highest BCUT2D eigenvalue weighted by Crippen LogP contribution is 2.55. The lowest BCUT2D eigenvalue weighted by molar-refractivity contribution is -0.137. The number of aromatic amines is 2. The first kappa shape index (κ1) is 44.5. The number of fused-ring (bicyclic) bond motifs is 6. The zero-order chi connectivity index (χ0) is 49.0. The smallest absolute Gasteiger partial charge is 0.407 e. The van der Waals surface area contributed by atoms with E-state index in [0.29, 0.717) is 11.8 Å². The fourth-order valence-corrected chi connectivity index (χ4v) is 11.6. The lowest BCUT2D eigenvalue weighted by Gasteiger charge is -2.31. The maximum Gasteiger partial charge on any atom is 0.407 e. The zero-order valence-corrected chi connectivity index (χ0v) is 40.3. The van der Waals surface area contributed by atoms with Crippen molar-refractivity contribution < 1.29 is 29.0 Å². The molecule has 14 nitrogen and oxygen atoms in total. The Labute approximate surface area is 410 Å². The first-order valence-corrected chi connectivity index (χ1v) is 24.8. The van der Waals surface area contributed by atoms with Crippen LogP contribution in [0.15, 0.2) is 109 Å². The number of nitrogens with one attached hydrogen (secondary N) is 4. The van der Waals surface area contributed by atoms with Crippen molar-refractivity contribution in [2.24, 2.45) is 23.7 Å². The second kappa shape index (κ2) is 17.0. The standard InChI is InChI=1S/C57H56N8O6/c1-28(2)50(62-56(68)69)54(66)64-46-24-40(46)26-48(64)52-58-42-16-14-38(22-44(42)60-52)36-12-10-32-18-30(6-8-34(32)20-36)31-7-9-35-21-37(13-11-33(35)19-31)39-15-17-43-45(23-39)61-53(59-43)49-27-41-25-47(41)65(49)55(67)51(29(3)4)63-57(70)71-5/h6-23,28-29,40-41,46-51,62H,24-27H2,1-5H3,(H,58,60)(H,59,61)(H,63,70)(H,68,69)/t40-,41-,46-,47-,48+,49+,50+,51+/m1/s1. The van der Waals surface area contributed by atoms with Gasteiger partial charge in [0.15, 0.2) is 0 Å². The summed E-state index contributed by atoms with van der Waals surface area (Å²) in [6.45, 7) is 7.59. The van der Waals surface area contributed by atoms with E-state index in [-0.39, 0.29) is 47.8 Å². The Hall–Kier alpha value is -7.74. The number of H-pyrrole nitrogens is 2. The maximum absolute atomic E-state index is 13.9. The number of carboxylic acid groups (broad SMARTS) is 1. The van der Waals surface area contributed by atoms with Crippen LogP contribution in [0.1, 0.15) is 77.1 Å². The fraction of sp³-hybridized carbons (Fsp3) is 0.333. The Morgan fingerprint density at radius 1 is 0.549 bits per heavy atom. The van der Waals surface area contributed by atoms with Crippen LogP contribution in [0.2, 0.25) is 0 Å². The second-order valence-corrected chi connectivity index (χ2v) is 20.9. The minimum absolute atomic E-state index is 0.0928. The normalized spacial score (nSPS) is 22.0. The number of benzene rings is 6. The SMILES string of the molecule is COC(=O)N[C@H](C(=O)N1[C@@H]2C[C@@H]2C[C@H]1c1nc2cc(-c3ccc4cc(-c5ccc6cc(-c7ccc8[nH]c([C@@H]9C[C@H]%10C[C@H]%10N9C(=O)[C@@H](NC(=O)O)C(C)C)nc8c7)ccc6c5)ccc4c3)ccc2[nH]1)C(C)C. The summed E-state index contributed by atoms with van der Waals surface area (Å²) in [6, 6.07) is 37.2. The Balaban J connectivity index is 0.749. The molecule has 2 saturated heterocycles. The van der Waals surface area contributed by atoms with Crippen LogP contribution in [0.3, 0.4) is 0 Å². The molecule has 4 fully saturated rings. The molecule has 2 saturated carbocycles. The summed E-state index contributed by atoms with van der Waals surface area (Å²) in [5.74, 6) is 1.82. The minimum Gasteiger partial charge on any atom is -0.465 e. The number of carbonyl (C=O) groups excluding carboxylic acids is 3. The Bertz CT molecular complexity index is 3490. The molecule has 0 spiro atoms. The van der Waals surface area contributed by atoms with Gasteiger partial charge >= 0.3 is 12.2 Å². The summed E-state index contributed by atoms with van der Waals surface area (Å²) in [7, 11) is 1.31. The van der Waals surface area contributed by atoms with Gasteiger partial charge in [-0.15, -0.1) is 0 Å². The van der Waals surface area contributed by atoms with Gasteiger partial charge in [-0.1, -0.05) is 88.4 Å². The fourth-order valence-electron chi connectivity index (χ4n) is 11.6. The van der Waals surface area contributed by atoms with Gasteiger partial charge in [0, 0.05) is 12.1 Å². The van der Waals surface area contributed by atoms with E-state index in [0.717, 1.165) is 114 Å². The molecule has 0 unspecified atom stereocenters. The van der Waals surface area contributed by atoms with Crippen LogP contribution in [-0.4, -0.2) is 90.1 Å². The van der Waals surface area contributed by atoms with Crippen molar-refractivity contribution in [1.82, 2.24) is 40.4 Å². The molecular formula is C57H56N8O6. The Morgan fingerprint density at radius 2 is 0.915 bits per heavy atom. The molecule has 360 valence electrons. The molecular weight excluding hydrogens is 893 g/mol. The van der Waals surface area contributed by atoms with Crippen LogP contribution in [0.4, 0.5) is 9.59 Å². The molecule has 2 aliphatic carbocycles. The van der Waals surface area contributed by atoms with Crippen LogP contribution in [0, 0.1) is 23.7 Å². The van der Waals surface area contributed by atoms with Gasteiger partial charge in [0.25, 0.3) is 0 Å². The van der Waals surface area contributed by atoms with Crippen molar-refractivity contribution >= 4 is 67.6 Å². The highest BCUT2D eigenvalue weighted by atomic mass is 16.5. The van der Waals surface area contributed by atoms with Crippen molar-refractivity contribution in [3.63, 3.8) is 0 Å². The molecule has 5 N–H and O–H groups in total. The van der Waals surface area contributed by atoms with Crippen molar-refractivity contribution in [1.29, 1.82) is 0 Å². The number of methoxy groups -OCH3 is 1. The van der Waals surface area contributed by atoms with Crippen LogP contribution in [0.5, 0.6) is 0 Å². The molecule has 8 aromatic rings. The van der Waals surface area contributed by atoms with E-state index >= 15 is 0 Å². The minimum atomic E-state index is -1.19. The quantitative estimate of drug-likeness (QED) is 0.0848. The van der Waals surface area contributed by atoms with Crippen molar-refractivity contribution in [2.45, 2.75) is 89.6 Å². The number of likely N-dealkylation sites (tertiary alicyclic amines) is 2. The zero-order valence-electron chi connectivity index (χ0n) is 40.3. The van der Waals surface area contributed by atoms with Crippen LogP contribution in [0.25, 0.3) is 77.0 Å². The van der Waals surface area contributed by atoms with Crippen molar-refractivity contribution in [3.8, 4) is 33.4 Å². The van der Waals surface area contributed by atoms with Gasteiger partial charge in [-0.05, 0) is 153 Å². The number of ether oxygens (including phenoxy) is 1. The molecule has 0 bridgehead atoms. The monoisotopic (exact) mass is 948 g/mol. The molecule has 0 radical (unpaired) electrons. The Kier molecular flexibility index (Phi) is 10.6. The molecule has 4 heterocycles. The summed E-state index contributed by atoms with van der Waals surface area (Å²) in [4.78, 5) is 72.4. The molecule has 8 atom stereocenters. The lowest BCUT2D eigenvalue weighted by Crippen LogP contribution is -2.52. The molecule has 14 heteroatoms. The molecule has 4 aliphatic rings. The highest BCUT2D eigenvalue weighted by molar-refractivity contribution is 5.96. The number of carbonyl (C=O) groups is 4. The lowest BCUT2D eigenvalue weighted by atomic mass is 9.95. The average Bonchev–Trinajstić information content (AvgIpc) is 4.03. The number of alkyl carbamates (subject to hydrolysis) is 1. The highest BCUT2D eigenvalue weighted by Gasteiger charge is 2.57. The van der Waals surface area contributed by atoms with Crippen LogP contribution >= 0.6 is 0 Å². The second-order valence-electron chi connectivity index (χ2n) is 20.9. The molecule has 12 rings (SSSR count). The summed E-state index contributed by atoms with van der Waals surface area (Å²) >= 11 is 0. The molecule has 2 aromatic heterocycles. The maximum atomic E-state index is 13.9. The van der Waals surface area contributed by atoms with Crippen molar-refractivity contribution in [3.05, 3.63) is 121 Å². The third-order valence-corrected chi connectivity index (χ3v) is 15.6. The summed E-state index contributed by atoms with van der Waals surface area (Å²) in [5.41, 5.74) is 10.0. The molecule has 6 aromatic carbocycles. The largest absolute Gasteiger partial charge is 0.465 e. The van der Waals surface area contributed by atoms with Gasteiger partial charge in [-0.25, -0.2) is 19.6 Å². The van der Waals surface area contributed by atoms with Crippen LogP contribution < -0.4 is 10.6 Å². The third kappa shape index (κ3) is 7.99. The molecule has 4 amide bonds. The number of rotatable bonds is 11. The van der Waals surface area contributed by atoms with E-state index in [1.165, 1.54) is 7.11 Å². The number of imidazole rings is 2. The molecule has 71 heavy (non-hydrogen) atoms. The van der Waals surface area contributed by atoms with Gasteiger partial charge in [-0.2, -0.15) is 0 Å². The van der Waals surface area contributed by atoms with E-state index in [4.69, 9.17) is 14.7 Å². The first-order valence-electron chi connectivity index (χ1n) is 24.8. The number of nitrogens with zero attached hydrogens (tertiary/aromatic N) is 4. The number of aromatic nitrogens is 4. The first-order chi connectivity index (χ1) is 34.3. The number of hydrogen-bond donors (Lipinski definition) is 5. The number of amides is 4. The van der Waals surface area contributed by atoms with E-state index in [1.807, 2.05) is 43.6 Å². The molecule has 2 aliphatic heterocycles. The third-order valence-electron chi connectivity index (χ3n) is 15.6. The Morgan fingerprint density at radius 3 is 1.28 bits per heavy atom. The summed E-state index contributed by atoms with van der Waals surface area (Å²) in [6.07, 6.45) is 1.78. The van der Waals surface area contributed by atoms with Gasteiger partial charge in [-0.3, -0.25) is 9.59 Å². The van der Waals surface area contributed by atoms with Gasteiger partial charge in [0.05, 0.1) is 41.3 Å². The van der Waals surface area contributed by atoms with E-state index in [9.17, 15) is 24.3 Å². The predicted octanol–water partition coefficient (Wildman–Crippen LogP) is 10.7. The van der Waals surface area contributed by atoms with Crippen molar-refractivity contribution in [2.75, 3.05) is 7.11 Å². The van der Waals surface area contributed by atoms with Gasteiger partial charge in [0.2, 0.25) is 11.8 Å². The number of hydrogen-bond acceptors (Lipinski definition) is 7.